The van der Waals surface area contributed by atoms with Crippen LogP contribution < -0.4 is 10.6 Å². The predicted octanol–water partition coefficient (Wildman–Crippen LogP) is 4.11. The second-order valence-electron chi connectivity index (χ2n) is 5.00. The molecule has 0 saturated carbocycles. The number of amides is 1. The number of benzene rings is 2. The van der Waals surface area contributed by atoms with Gasteiger partial charge in [0.1, 0.15) is 23.9 Å². The zero-order chi connectivity index (χ0) is 17.6. The number of nitriles is 1. The van der Waals surface area contributed by atoms with E-state index in [1.807, 2.05) is 24.3 Å². The first kappa shape index (κ1) is 16.6. The maximum atomic E-state index is 12.4. The minimum Gasteiger partial charge on any atom is -0.339 e. The fourth-order valence-corrected chi connectivity index (χ4v) is 2.51. The van der Waals surface area contributed by atoms with E-state index < -0.39 is 0 Å². The van der Waals surface area contributed by atoms with Crippen molar-refractivity contribution in [1.29, 1.82) is 5.26 Å². The molecule has 0 atom stereocenters. The first-order valence-corrected chi connectivity index (χ1v) is 8.11. The van der Waals surface area contributed by atoms with Gasteiger partial charge in [0.05, 0.1) is 16.9 Å². The summed E-state index contributed by atoms with van der Waals surface area (Å²) in [5.74, 6) is 0.0703. The lowest BCUT2D eigenvalue weighted by atomic mass is 10.2. The summed E-state index contributed by atoms with van der Waals surface area (Å²) >= 11 is 3.38. The maximum Gasteiger partial charge on any atom is 0.274 e. The van der Waals surface area contributed by atoms with Crippen molar-refractivity contribution in [3.05, 3.63) is 76.7 Å². The molecule has 0 aliphatic rings. The van der Waals surface area contributed by atoms with Crippen molar-refractivity contribution in [2.45, 2.75) is 0 Å². The Labute approximate surface area is 152 Å². The molecule has 3 rings (SSSR count). The van der Waals surface area contributed by atoms with Crippen LogP contribution in [-0.4, -0.2) is 15.9 Å². The van der Waals surface area contributed by atoms with E-state index in [2.05, 4.69) is 42.6 Å². The van der Waals surface area contributed by atoms with Gasteiger partial charge in [-0.3, -0.25) is 4.79 Å². The van der Waals surface area contributed by atoms with Gasteiger partial charge < -0.3 is 10.6 Å². The van der Waals surface area contributed by atoms with E-state index in [-0.39, 0.29) is 11.6 Å². The van der Waals surface area contributed by atoms with Crippen LogP contribution in [0.1, 0.15) is 16.1 Å². The second kappa shape index (κ2) is 7.55. The van der Waals surface area contributed by atoms with Gasteiger partial charge in [-0.15, -0.1) is 0 Å². The molecule has 0 radical (unpaired) electrons. The van der Waals surface area contributed by atoms with Crippen molar-refractivity contribution in [2.75, 3.05) is 10.6 Å². The highest BCUT2D eigenvalue weighted by Crippen LogP contribution is 2.22. The zero-order valence-corrected chi connectivity index (χ0v) is 14.5. The fraction of sp³-hybridized carbons (Fsp3) is 0. The molecule has 25 heavy (non-hydrogen) atoms. The topological polar surface area (TPSA) is 90.7 Å². The summed E-state index contributed by atoms with van der Waals surface area (Å²) in [5, 5.41) is 15.0. The van der Waals surface area contributed by atoms with Crippen molar-refractivity contribution in [1.82, 2.24) is 9.97 Å². The number of rotatable bonds is 4. The molecule has 3 aromatic rings. The number of nitrogens with zero attached hydrogens (tertiary/aromatic N) is 3. The smallest absolute Gasteiger partial charge is 0.274 e. The van der Waals surface area contributed by atoms with Crippen LogP contribution in [0.5, 0.6) is 0 Å². The lowest BCUT2D eigenvalue weighted by molar-refractivity contribution is 0.102. The number of halogens is 1. The molecule has 7 heteroatoms. The fourth-order valence-electron chi connectivity index (χ4n) is 2.13. The lowest BCUT2D eigenvalue weighted by Gasteiger charge is -2.09. The number of hydrogen-bond acceptors (Lipinski definition) is 5. The maximum absolute atomic E-state index is 12.4. The van der Waals surface area contributed by atoms with Gasteiger partial charge in [-0.1, -0.05) is 24.3 Å². The van der Waals surface area contributed by atoms with E-state index in [1.54, 1.807) is 24.3 Å². The quantitative estimate of drug-likeness (QED) is 0.695. The first-order chi connectivity index (χ1) is 12.2. The summed E-state index contributed by atoms with van der Waals surface area (Å²) < 4.78 is 0.777. The number of carbonyl (C=O) groups excluding carboxylic acids is 1. The minimum atomic E-state index is -0.356. The average Bonchev–Trinajstić information content (AvgIpc) is 2.64. The van der Waals surface area contributed by atoms with Gasteiger partial charge in [0.15, 0.2) is 0 Å². The number of hydrogen-bond donors (Lipinski definition) is 2. The minimum absolute atomic E-state index is 0.211. The number of para-hydroxylation sites is 2. The van der Waals surface area contributed by atoms with Gasteiger partial charge in [-0.25, -0.2) is 9.97 Å². The Morgan fingerprint density at radius 1 is 1.04 bits per heavy atom. The molecule has 0 unspecified atom stereocenters. The highest BCUT2D eigenvalue weighted by atomic mass is 79.9. The number of carbonyl (C=O) groups is 1. The molecule has 1 heterocycles. The van der Waals surface area contributed by atoms with Crippen molar-refractivity contribution >= 4 is 39.0 Å². The molecular weight excluding hydrogens is 382 g/mol. The Balaban J connectivity index is 1.81. The van der Waals surface area contributed by atoms with Crippen LogP contribution in [0.2, 0.25) is 0 Å². The molecule has 6 nitrogen and oxygen atoms in total. The Morgan fingerprint density at radius 3 is 2.52 bits per heavy atom. The van der Waals surface area contributed by atoms with Gasteiger partial charge in [-0.05, 0) is 40.2 Å². The number of nitrogens with one attached hydrogen (secondary N) is 2. The standard InChI is InChI=1S/C18H12BrN5O/c19-13-6-2-4-8-15(13)24-18(25)16-9-17(22-11-21-16)23-14-7-3-1-5-12(14)10-20/h1-9,11H,(H,24,25)(H,21,22,23). The van der Waals surface area contributed by atoms with Crippen LogP contribution in [0.4, 0.5) is 17.2 Å². The van der Waals surface area contributed by atoms with Crippen molar-refractivity contribution in [2.24, 2.45) is 0 Å². The summed E-state index contributed by atoms with van der Waals surface area (Å²) in [6.07, 6.45) is 1.30. The predicted molar refractivity (Wildman–Crippen MR) is 98.6 cm³/mol. The second-order valence-corrected chi connectivity index (χ2v) is 5.86. The Bertz CT molecular complexity index is 967. The van der Waals surface area contributed by atoms with Gasteiger partial charge in [0, 0.05) is 10.5 Å². The van der Waals surface area contributed by atoms with E-state index in [0.717, 1.165) is 4.47 Å². The third kappa shape index (κ3) is 4.00. The van der Waals surface area contributed by atoms with Gasteiger partial charge in [-0.2, -0.15) is 5.26 Å². The zero-order valence-electron chi connectivity index (χ0n) is 12.9. The normalized spacial score (nSPS) is 9.92. The van der Waals surface area contributed by atoms with E-state index >= 15 is 0 Å². The van der Waals surface area contributed by atoms with Gasteiger partial charge in [0.25, 0.3) is 5.91 Å². The van der Waals surface area contributed by atoms with Crippen molar-refractivity contribution in [3.63, 3.8) is 0 Å². The van der Waals surface area contributed by atoms with Crippen LogP contribution in [0.15, 0.2) is 65.4 Å². The molecule has 0 aliphatic carbocycles. The molecule has 0 saturated heterocycles. The number of aromatic nitrogens is 2. The third-order valence-electron chi connectivity index (χ3n) is 3.33. The van der Waals surface area contributed by atoms with Gasteiger partial charge >= 0.3 is 0 Å². The molecule has 2 N–H and O–H groups in total. The summed E-state index contributed by atoms with van der Waals surface area (Å²) in [5.41, 5.74) is 1.96. The molecule has 0 spiro atoms. The summed E-state index contributed by atoms with van der Waals surface area (Å²) in [7, 11) is 0. The average molecular weight is 394 g/mol. The third-order valence-corrected chi connectivity index (χ3v) is 4.02. The van der Waals surface area contributed by atoms with E-state index in [1.165, 1.54) is 12.4 Å². The Hall–Kier alpha value is -3.24. The van der Waals surface area contributed by atoms with Crippen LogP contribution in [0.25, 0.3) is 0 Å². The molecule has 0 aliphatic heterocycles. The highest BCUT2D eigenvalue weighted by Gasteiger charge is 2.11. The molecule has 122 valence electrons. The van der Waals surface area contributed by atoms with Crippen LogP contribution in [-0.2, 0) is 0 Å². The molecule has 2 aromatic carbocycles. The summed E-state index contributed by atoms with van der Waals surface area (Å²) in [4.78, 5) is 20.5. The highest BCUT2D eigenvalue weighted by molar-refractivity contribution is 9.10. The molecular formula is C18H12BrN5O. The SMILES string of the molecule is N#Cc1ccccc1Nc1cc(C(=O)Nc2ccccc2Br)ncn1. The number of anilines is 3. The summed E-state index contributed by atoms with van der Waals surface area (Å²) in [6, 6.07) is 18.0. The van der Waals surface area contributed by atoms with Crippen LogP contribution >= 0.6 is 15.9 Å². The van der Waals surface area contributed by atoms with E-state index in [9.17, 15) is 4.79 Å². The Morgan fingerprint density at radius 2 is 1.76 bits per heavy atom. The van der Waals surface area contributed by atoms with E-state index in [4.69, 9.17) is 5.26 Å². The van der Waals surface area contributed by atoms with Gasteiger partial charge in [0.2, 0.25) is 0 Å². The van der Waals surface area contributed by atoms with E-state index in [0.29, 0.717) is 22.8 Å². The lowest BCUT2D eigenvalue weighted by Crippen LogP contribution is -2.14. The molecule has 0 fully saturated rings. The molecule has 0 bridgehead atoms. The molecule has 1 aromatic heterocycles. The van der Waals surface area contributed by atoms with Crippen molar-refractivity contribution in [3.8, 4) is 6.07 Å². The monoisotopic (exact) mass is 393 g/mol. The molecule has 1 amide bonds. The van der Waals surface area contributed by atoms with Crippen molar-refractivity contribution < 1.29 is 4.79 Å². The first-order valence-electron chi connectivity index (χ1n) is 7.31. The summed E-state index contributed by atoms with van der Waals surface area (Å²) in [6.45, 7) is 0. The largest absolute Gasteiger partial charge is 0.339 e. The van der Waals surface area contributed by atoms with Crippen LogP contribution in [0.3, 0.4) is 0 Å². The van der Waals surface area contributed by atoms with Crippen LogP contribution in [0, 0.1) is 11.3 Å². The Kier molecular flexibility index (Phi) is 5.02.